The summed E-state index contributed by atoms with van der Waals surface area (Å²) in [6, 6.07) is 27.3. The van der Waals surface area contributed by atoms with E-state index < -0.39 is 17.9 Å². The first kappa shape index (κ1) is 25.5. The molecule has 0 amide bonds. The molecule has 2 aliphatic rings. The monoisotopic (exact) mass is 535 g/mol. The molecule has 202 valence electrons. The molecule has 0 bridgehead atoms. The number of hydrogen-bond acceptors (Lipinski definition) is 6. The Balaban J connectivity index is 1.25. The van der Waals surface area contributed by atoms with Gasteiger partial charge in [-0.25, -0.2) is 0 Å². The van der Waals surface area contributed by atoms with Crippen molar-refractivity contribution in [2.24, 2.45) is 0 Å². The number of rotatable bonds is 9. The Bertz CT molecular complexity index is 1550. The Morgan fingerprint density at radius 1 is 0.825 bits per heavy atom. The molecule has 0 saturated heterocycles. The summed E-state index contributed by atoms with van der Waals surface area (Å²) in [5.74, 6) is -0.532. The summed E-state index contributed by atoms with van der Waals surface area (Å²) < 4.78 is 18.1. The van der Waals surface area contributed by atoms with Gasteiger partial charge < -0.3 is 25.1 Å². The molecule has 7 heteroatoms. The summed E-state index contributed by atoms with van der Waals surface area (Å²) in [4.78, 5) is 24.6. The van der Waals surface area contributed by atoms with Crippen LogP contribution in [0.25, 0.3) is 11.1 Å². The average Bonchev–Trinajstić information content (AvgIpc) is 3.28. The van der Waals surface area contributed by atoms with Crippen LogP contribution in [0.15, 0.2) is 84.9 Å². The lowest BCUT2D eigenvalue weighted by Gasteiger charge is -2.29. The van der Waals surface area contributed by atoms with E-state index in [9.17, 15) is 9.59 Å². The number of carbonyl (C=O) groups excluding carboxylic acids is 1. The second kappa shape index (κ2) is 10.8. The predicted octanol–water partition coefficient (Wildman–Crippen LogP) is 6.50. The average molecular weight is 536 g/mol. The summed E-state index contributed by atoms with van der Waals surface area (Å²) in [6.07, 6.45) is 1.20. The number of unbranched alkanes of at least 4 members (excludes halogenated alkanes) is 1. The fourth-order valence-corrected chi connectivity index (χ4v) is 5.69. The number of benzene rings is 4. The van der Waals surface area contributed by atoms with Gasteiger partial charge in [0.25, 0.3) is 0 Å². The number of carboxylic acid groups (broad SMARTS) is 1. The zero-order chi connectivity index (χ0) is 27.6. The number of ether oxygens (including phenoxy) is 3. The summed E-state index contributed by atoms with van der Waals surface area (Å²) >= 11 is 0. The minimum absolute atomic E-state index is 0.0554. The first-order valence-electron chi connectivity index (χ1n) is 13.4. The Hall–Kier alpha value is -4.78. The van der Waals surface area contributed by atoms with Crippen LogP contribution in [-0.4, -0.2) is 30.3 Å². The van der Waals surface area contributed by atoms with E-state index in [0.717, 1.165) is 11.1 Å². The molecule has 1 aliphatic carbocycles. The Labute approximate surface area is 232 Å². The zero-order valence-corrected chi connectivity index (χ0v) is 21.8. The van der Waals surface area contributed by atoms with Crippen LogP contribution in [0.2, 0.25) is 0 Å². The molecule has 4 aromatic carbocycles. The molecule has 7 nitrogen and oxygen atoms in total. The van der Waals surface area contributed by atoms with Gasteiger partial charge in [0.2, 0.25) is 0 Å². The third-order valence-corrected chi connectivity index (χ3v) is 7.53. The van der Waals surface area contributed by atoms with Gasteiger partial charge in [0, 0.05) is 41.3 Å². The Morgan fingerprint density at radius 3 is 2.17 bits per heavy atom. The largest absolute Gasteiger partial charge is 0.493 e. The fourth-order valence-electron chi connectivity index (χ4n) is 5.69. The van der Waals surface area contributed by atoms with Crippen molar-refractivity contribution in [1.82, 2.24) is 0 Å². The van der Waals surface area contributed by atoms with Crippen LogP contribution < -0.4 is 15.2 Å². The minimum Gasteiger partial charge on any atom is -0.493 e. The van der Waals surface area contributed by atoms with Crippen LogP contribution in [-0.2, 0) is 14.3 Å². The second-order valence-electron chi connectivity index (χ2n) is 10.1. The van der Waals surface area contributed by atoms with Gasteiger partial charge in [0.1, 0.15) is 29.8 Å². The van der Waals surface area contributed by atoms with Gasteiger partial charge in [-0.15, -0.1) is 0 Å². The van der Waals surface area contributed by atoms with Gasteiger partial charge in [-0.1, -0.05) is 66.7 Å². The number of carbonyl (C=O) groups is 2. The van der Waals surface area contributed by atoms with Crippen LogP contribution in [0.5, 0.6) is 17.2 Å². The molecule has 0 fully saturated rings. The Morgan fingerprint density at radius 2 is 1.48 bits per heavy atom. The standard InChI is InChI=1S/C33H29NO6/c34-27-17-20(38-16-8-7-15-30(35)36)18-29-32(27)31(25-13-5-6-14-28(25)40-29)33(37)39-19-26-23-11-3-1-9-21(23)22-10-2-4-12-24(22)26/h1-6,9-14,17-18,26,31H,7-8,15-16,19,34H2,(H,35,36). The predicted molar refractivity (Wildman–Crippen MR) is 151 cm³/mol. The first-order chi connectivity index (χ1) is 19.5. The number of carboxylic acids is 1. The van der Waals surface area contributed by atoms with Crippen molar-refractivity contribution >= 4 is 17.6 Å². The summed E-state index contributed by atoms with van der Waals surface area (Å²) in [5, 5.41) is 8.82. The summed E-state index contributed by atoms with van der Waals surface area (Å²) in [5.41, 5.74) is 12.7. The maximum absolute atomic E-state index is 13.8. The number of hydrogen-bond donors (Lipinski definition) is 2. The van der Waals surface area contributed by atoms with Crippen molar-refractivity contribution in [2.75, 3.05) is 18.9 Å². The lowest BCUT2D eigenvalue weighted by atomic mass is 9.86. The van der Waals surface area contributed by atoms with E-state index in [4.69, 9.17) is 25.1 Å². The second-order valence-corrected chi connectivity index (χ2v) is 10.1. The van der Waals surface area contributed by atoms with Gasteiger partial charge in [-0.05, 0) is 41.2 Å². The number of esters is 1. The van der Waals surface area contributed by atoms with Gasteiger partial charge in [0.15, 0.2) is 0 Å². The maximum Gasteiger partial charge on any atom is 0.318 e. The van der Waals surface area contributed by atoms with Crippen molar-refractivity contribution in [3.05, 3.63) is 107 Å². The normalized spacial score (nSPS) is 14.8. The van der Waals surface area contributed by atoms with E-state index in [2.05, 4.69) is 24.3 Å². The molecule has 6 rings (SSSR count). The number of nitrogens with two attached hydrogens (primary N) is 1. The molecule has 0 spiro atoms. The first-order valence-corrected chi connectivity index (χ1v) is 13.4. The lowest BCUT2D eigenvalue weighted by molar-refractivity contribution is -0.145. The number of para-hydroxylation sites is 1. The number of nitrogen functional groups attached to an aromatic ring is 1. The Kier molecular flexibility index (Phi) is 6.86. The van der Waals surface area contributed by atoms with Crippen LogP contribution in [0.1, 0.15) is 53.4 Å². The molecule has 0 saturated carbocycles. The number of fused-ring (bicyclic) bond motifs is 5. The van der Waals surface area contributed by atoms with Crippen LogP contribution in [0.4, 0.5) is 5.69 Å². The molecule has 4 aromatic rings. The minimum atomic E-state index is -0.829. The third-order valence-electron chi connectivity index (χ3n) is 7.53. The van der Waals surface area contributed by atoms with Crippen molar-refractivity contribution < 1.29 is 28.9 Å². The molecule has 0 radical (unpaired) electrons. The van der Waals surface area contributed by atoms with E-state index in [1.54, 1.807) is 12.1 Å². The van der Waals surface area contributed by atoms with Crippen molar-refractivity contribution in [3.8, 4) is 28.4 Å². The maximum atomic E-state index is 13.8. The van der Waals surface area contributed by atoms with Gasteiger partial charge in [-0.3, -0.25) is 9.59 Å². The molecular formula is C33H29NO6. The topological polar surface area (TPSA) is 108 Å². The van der Waals surface area contributed by atoms with Gasteiger partial charge in [0.05, 0.1) is 6.61 Å². The molecular weight excluding hydrogens is 506 g/mol. The highest BCUT2D eigenvalue weighted by molar-refractivity contribution is 5.88. The number of aliphatic carboxylic acids is 1. The van der Waals surface area contributed by atoms with Crippen molar-refractivity contribution in [1.29, 1.82) is 0 Å². The van der Waals surface area contributed by atoms with Crippen LogP contribution in [0.3, 0.4) is 0 Å². The van der Waals surface area contributed by atoms with E-state index in [-0.39, 0.29) is 18.9 Å². The van der Waals surface area contributed by atoms with E-state index in [1.807, 2.05) is 48.5 Å². The molecule has 1 atom stereocenters. The van der Waals surface area contributed by atoms with Crippen molar-refractivity contribution in [3.63, 3.8) is 0 Å². The van der Waals surface area contributed by atoms with E-state index in [0.29, 0.717) is 53.5 Å². The highest BCUT2D eigenvalue weighted by Crippen LogP contribution is 2.49. The zero-order valence-electron chi connectivity index (χ0n) is 21.8. The van der Waals surface area contributed by atoms with Gasteiger partial charge >= 0.3 is 11.9 Å². The van der Waals surface area contributed by atoms with E-state index >= 15 is 0 Å². The van der Waals surface area contributed by atoms with Gasteiger partial charge in [-0.2, -0.15) is 0 Å². The highest BCUT2D eigenvalue weighted by Gasteiger charge is 2.37. The molecule has 1 aliphatic heterocycles. The smallest absolute Gasteiger partial charge is 0.318 e. The lowest BCUT2D eigenvalue weighted by Crippen LogP contribution is -2.24. The third kappa shape index (κ3) is 4.75. The molecule has 1 heterocycles. The summed E-state index contributed by atoms with van der Waals surface area (Å²) in [7, 11) is 0. The number of anilines is 1. The van der Waals surface area contributed by atoms with Crippen LogP contribution in [0, 0.1) is 0 Å². The molecule has 1 unspecified atom stereocenters. The highest BCUT2D eigenvalue weighted by atomic mass is 16.5. The van der Waals surface area contributed by atoms with E-state index in [1.165, 1.54) is 11.1 Å². The molecule has 0 aromatic heterocycles. The summed E-state index contributed by atoms with van der Waals surface area (Å²) in [6.45, 7) is 0.553. The quantitative estimate of drug-likeness (QED) is 0.143. The molecule has 40 heavy (non-hydrogen) atoms. The fraction of sp³-hybridized carbons (Fsp3) is 0.212. The molecule has 3 N–H and O–H groups in total. The SMILES string of the molecule is Nc1cc(OCCCCC(=O)O)cc2c1C(C(=O)OCC1c3ccccc3-c3ccccc31)c1ccccc1O2. The van der Waals surface area contributed by atoms with Crippen molar-refractivity contribution in [2.45, 2.75) is 31.1 Å². The van der Waals surface area contributed by atoms with Crippen LogP contribution >= 0.6 is 0 Å².